The maximum absolute atomic E-state index is 12.8. The molecule has 6 nitrogen and oxygen atoms in total. The topological polar surface area (TPSA) is 91.2 Å². The lowest BCUT2D eigenvalue weighted by Gasteiger charge is -2.29. The Kier molecular flexibility index (Phi) is 7.90. The van der Waals surface area contributed by atoms with Crippen molar-refractivity contribution in [3.8, 4) is 6.07 Å². The molecular weight excluding hydrogens is 398 g/mol. The fourth-order valence-electron chi connectivity index (χ4n) is 3.08. The van der Waals surface area contributed by atoms with E-state index in [1.807, 2.05) is 51.1 Å². The number of hydrogen-bond donors (Lipinski definition) is 2. The van der Waals surface area contributed by atoms with Gasteiger partial charge in [-0.1, -0.05) is 54.7 Å². The quantitative estimate of drug-likeness (QED) is 0.511. The molecule has 1 heterocycles. The monoisotopic (exact) mass is 425 g/mol. The molecule has 30 heavy (non-hydrogen) atoms. The molecule has 0 saturated carbocycles. The van der Waals surface area contributed by atoms with Crippen molar-refractivity contribution in [2.75, 3.05) is 12.4 Å². The largest absolute Gasteiger partial charge is 0.458 e. The Labute approximate surface area is 182 Å². The minimum absolute atomic E-state index is 0.0807. The molecule has 1 aromatic rings. The molecule has 1 unspecified atom stereocenters. The molecular formula is C23H27N3O3S. The van der Waals surface area contributed by atoms with E-state index in [1.54, 1.807) is 6.92 Å². The summed E-state index contributed by atoms with van der Waals surface area (Å²) in [5.74, 6) is -1.07. The summed E-state index contributed by atoms with van der Waals surface area (Å²) in [4.78, 5) is 25.0. The molecule has 0 spiro atoms. The van der Waals surface area contributed by atoms with Gasteiger partial charge in [0.15, 0.2) is 0 Å². The van der Waals surface area contributed by atoms with Crippen LogP contribution < -0.4 is 10.6 Å². The van der Waals surface area contributed by atoms with Gasteiger partial charge in [-0.15, -0.1) is 0 Å². The van der Waals surface area contributed by atoms with Crippen molar-refractivity contribution in [3.63, 3.8) is 0 Å². The number of ether oxygens (including phenoxy) is 1. The lowest BCUT2D eigenvalue weighted by molar-refractivity contribution is -0.138. The summed E-state index contributed by atoms with van der Waals surface area (Å²) in [6, 6.07) is 11.6. The second-order valence-electron chi connectivity index (χ2n) is 7.84. The van der Waals surface area contributed by atoms with Crippen molar-refractivity contribution >= 4 is 23.6 Å². The Morgan fingerprint density at radius 2 is 2.00 bits per heavy atom. The Bertz CT molecular complexity index is 921. The molecule has 0 fully saturated rings. The molecule has 1 aromatic carbocycles. The number of nitrogens with zero attached hydrogens (tertiary/aromatic N) is 1. The maximum Gasteiger partial charge on any atom is 0.337 e. The van der Waals surface area contributed by atoms with Gasteiger partial charge in [-0.25, -0.2) is 4.79 Å². The number of carbonyl (C=O) groups is 2. The zero-order valence-corrected chi connectivity index (χ0v) is 18.6. The second kappa shape index (κ2) is 10.2. The molecule has 7 heteroatoms. The normalized spacial score (nSPS) is 16.4. The number of dihydropyridines is 1. The van der Waals surface area contributed by atoms with E-state index in [-0.39, 0.29) is 23.8 Å². The van der Waals surface area contributed by atoms with E-state index in [4.69, 9.17) is 4.74 Å². The molecule has 0 bridgehead atoms. The second-order valence-corrected chi connectivity index (χ2v) is 8.82. The molecule has 0 saturated heterocycles. The van der Waals surface area contributed by atoms with Crippen molar-refractivity contribution in [1.82, 2.24) is 10.6 Å². The van der Waals surface area contributed by atoms with Crippen molar-refractivity contribution in [3.05, 3.63) is 70.4 Å². The van der Waals surface area contributed by atoms with Crippen LogP contribution in [0.1, 0.15) is 39.2 Å². The minimum atomic E-state index is -0.581. The van der Waals surface area contributed by atoms with Gasteiger partial charge in [0.1, 0.15) is 6.61 Å². The van der Waals surface area contributed by atoms with Crippen LogP contribution in [-0.4, -0.2) is 29.8 Å². The van der Waals surface area contributed by atoms with Gasteiger partial charge in [0.2, 0.25) is 5.91 Å². The van der Waals surface area contributed by atoms with Crippen molar-refractivity contribution in [2.24, 2.45) is 0 Å². The lowest BCUT2D eigenvalue weighted by atomic mass is 9.82. The van der Waals surface area contributed by atoms with E-state index in [1.165, 1.54) is 17.8 Å². The first-order chi connectivity index (χ1) is 14.2. The van der Waals surface area contributed by atoms with E-state index >= 15 is 0 Å². The number of nitrogens with one attached hydrogen (secondary N) is 2. The average Bonchev–Trinajstić information content (AvgIpc) is 2.69. The molecule has 0 aliphatic carbocycles. The van der Waals surface area contributed by atoms with E-state index in [0.29, 0.717) is 21.9 Å². The van der Waals surface area contributed by atoms with Gasteiger partial charge in [0.05, 0.1) is 33.9 Å². The summed E-state index contributed by atoms with van der Waals surface area (Å²) in [5, 5.41) is 16.6. The maximum atomic E-state index is 12.8. The third-order valence-corrected chi connectivity index (χ3v) is 5.21. The molecule has 1 aliphatic rings. The number of rotatable bonds is 7. The van der Waals surface area contributed by atoms with E-state index in [0.717, 1.165) is 5.56 Å². The standard InChI is InChI=1S/C23H27N3O3S/c1-6-12-29-22(28)19-15(2)25-21(30-14-18(27)26-23(3,4)5)17(13-24)20(19)16-10-8-7-9-11-16/h6-11,20,25H,1,12,14H2,2-5H3,(H,26,27). The first-order valence-corrected chi connectivity index (χ1v) is 10.5. The highest BCUT2D eigenvalue weighted by molar-refractivity contribution is 8.03. The minimum Gasteiger partial charge on any atom is -0.458 e. The fraction of sp³-hybridized carbons (Fsp3) is 0.348. The van der Waals surface area contributed by atoms with Crippen LogP contribution in [0.25, 0.3) is 0 Å². The van der Waals surface area contributed by atoms with Gasteiger partial charge in [0, 0.05) is 11.2 Å². The molecule has 1 atom stereocenters. The van der Waals surface area contributed by atoms with Gasteiger partial charge in [0.25, 0.3) is 0 Å². The van der Waals surface area contributed by atoms with Crippen molar-refractivity contribution in [2.45, 2.75) is 39.2 Å². The highest BCUT2D eigenvalue weighted by Gasteiger charge is 2.35. The van der Waals surface area contributed by atoms with Crippen LogP contribution in [0.4, 0.5) is 0 Å². The summed E-state index contributed by atoms with van der Waals surface area (Å²) in [6.45, 7) is 11.2. The molecule has 1 aliphatic heterocycles. The first-order valence-electron chi connectivity index (χ1n) is 9.56. The molecule has 0 radical (unpaired) electrons. The van der Waals surface area contributed by atoms with Gasteiger partial charge in [-0.2, -0.15) is 5.26 Å². The van der Waals surface area contributed by atoms with Crippen LogP contribution in [0.3, 0.4) is 0 Å². The molecule has 1 amide bonds. The fourth-order valence-corrected chi connectivity index (χ4v) is 3.97. The van der Waals surface area contributed by atoms with E-state index < -0.39 is 11.9 Å². The van der Waals surface area contributed by atoms with Gasteiger partial charge >= 0.3 is 5.97 Å². The highest BCUT2D eigenvalue weighted by Crippen LogP contribution is 2.40. The Morgan fingerprint density at radius 1 is 1.33 bits per heavy atom. The lowest BCUT2D eigenvalue weighted by Crippen LogP contribution is -2.41. The number of carbonyl (C=O) groups excluding carboxylic acids is 2. The number of nitriles is 1. The van der Waals surface area contributed by atoms with E-state index in [2.05, 4.69) is 23.3 Å². The van der Waals surface area contributed by atoms with Crippen LogP contribution in [0, 0.1) is 11.3 Å². The van der Waals surface area contributed by atoms with E-state index in [9.17, 15) is 14.9 Å². The third-order valence-electron chi connectivity index (χ3n) is 4.19. The van der Waals surface area contributed by atoms with Gasteiger partial charge in [-0.05, 0) is 33.3 Å². The van der Waals surface area contributed by atoms with Crippen molar-refractivity contribution < 1.29 is 14.3 Å². The van der Waals surface area contributed by atoms with Crippen molar-refractivity contribution in [1.29, 1.82) is 5.26 Å². The summed E-state index contributed by atoms with van der Waals surface area (Å²) < 4.78 is 5.28. The number of hydrogen-bond acceptors (Lipinski definition) is 6. The Hall–Kier alpha value is -2.98. The SMILES string of the molecule is C=CCOC(=O)C1=C(C)NC(SCC(=O)NC(C)(C)C)=C(C#N)C1c1ccccc1. The average molecular weight is 426 g/mol. The Balaban J connectivity index is 2.41. The highest BCUT2D eigenvalue weighted by atomic mass is 32.2. The van der Waals surface area contributed by atoms with Crippen LogP contribution in [0.2, 0.25) is 0 Å². The zero-order chi connectivity index (χ0) is 22.3. The van der Waals surface area contributed by atoms with Crippen LogP contribution >= 0.6 is 11.8 Å². The van der Waals surface area contributed by atoms with Crippen LogP contribution in [0.15, 0.2) is 64.9 Å². The molecule has 2 N–H and O–H groups in total. The smallest absolute Gasteiger partial charge is 0.337 e. The number of benzene rings is 1. The summed E-state index contributed by atoms with van der Waals surface area (Å²) in [5.41, 5.74) is 1.82. The number of amides is 1. The predicted molar refractivity (Wildman–Crippen MR) is 119 cm³/mol. The zero-order valence-electron chi connectivity index (χ0n) is 17.7. The third kappa shape index (κ3) is 6.01. The summed E-state index contributed by atoms with van der Waals surface area (Å²) in [7, 11) is 0. The first kappa shape index (κ1) is 23.3. The number of thioether (sulfide) groups is 1. The molecule has 2 rings (SSSR count). The van der Waals surface area contributed by atoms with Crippen LogP contribution in [-0.2, 0) is 14.3 Å². The number of allylic oxidation sites excluding steroid dienone is 2. The molecule has 0 aromatic heterocycles. The predicted octanol–water partition coefficient (Wildman–Crippen LogP) is 3.76. The summed E-state index contributed by atoms with van der Waals surface area (Å²) >= 11 is 1.24. The van der Waals surface area contributed by atoms with Crippen LogP contribution in [0.5, 0.6) is 0 Å². The van der Waals surface area contributed by atoms with Gasteiger partial charge < -0.3 is 15.4 Å². The number of esters is 1. The Morgan fingerprint density at radius 3 is 2.57 bits per heavy atom. The summed E-state index contributed by atoms with van der Waals surface area (Å²) in [6.07, 6.45) is 1.50. The molecule has 158 valence electrons. The van der Waals surface area contributed by atoms with Gasteiger partial charge in [-0.3, -0.25) is 4.79 Å².